The van der Waals surface area contributed by atoms with Crippen LogP contribution in [0.15, 0.2) is 77.7 Å². The zero-order valence-corrected chi connectivity index (χ0v) is 25.9. The molecule has 0 fully saturated rings. The predicted molar refractivity (Wildman–Crippen MR) is 164 cm³/mol. The van der Waals surface area contributed by atoms with Crippen molar-refractivity contribution in [2.45, 2.75) is 38.6 Å². The molecule has 8 nitrogen and oxygen atoms in total. The molecule has 5 rings (SSSR count). The number of nitrogens with zero attached hydrogens (tertiary/aromatic N) is 2. The van der Waals surface area contributed by atoms with Crippen molar-refractivity contribution in [2.75, 3.05) is 23.4 Å². The van der Waals surface area contributed by atoms with Crippen molar-refractivity contribution in [3.63, 3.8) is 0 Å². The second kappa shape index (κ2) is 12.9. The number of halogens is 3. The van der Waals surface area contributed by atoms with Crippen LogP contribution in [0.25, 0.3) is 10.9 Å². The molecular weight excluding hydrogens is 644 g/mol. The van der Waals surface area contributed by atoms with Gasteiger partial charge in [-0.1, -0.05) is 19.1 Å². The van der Waals surface area contributed by atoms with E-state index in [-0.39, 0.29) is 36.1 Å². The van der Waals surface area contributed by atoms with Gasteiger partial charge in [0.2, 0.25) is 0 Å². The normalized spacial score (nSPS) is 17.1. The largest absolute Gasteiger partial charge is 0.488 e. The van der Waals surface area contributed by atoms with Crippen molar-refractivity contribution in [3.05, 3.63) is 100 Å². The van der Waals surface area contributed by atoms with Crippen LogP contribution in [-0.4, -0.2) is 42.6 Å². The maximum absolute atomic E-state index is 15.6. The summed E-state index contributed by atoms with van der Waals surface area (Å²) in [6.45, 7) is 3.48. The maximum atomic E-state index is 15.6. The molecule has 226 valence electrons. The Bertz CT molecular complexity index is 1760. The number of aromatic nitrogens is 2. The van der Waals surface area contributed by atoms with Gasteiger partial charge in [-0.25, -0.2) is 27.2 Å². The molecule has 0 amide bonds. The van der Waals surface area contributed by atoms with Gasteiger partial charge in [0.1, 0.15) is 36.1 Å². The third kappa shape index (κ3) is 6.97. The summed E-state index contributed by atoms with van der Waals surface area (Å²) in [6.07, 6.45) is 4.29. The maximum Gasteiger partial charge on any atom is 0.165 e. The average Bonchev–Trinajstić information content (AvgIpc) is 3.48. The predicted octanol–water partition coefficient (Wildman–Crippen LogP) is 6.96. The molecule has 1 aromatic heterocycles. The summed E-state index contributed by atoms with van der Waals surface area (Å²) in [5.41, 5.74) is 0.811. The quantitative estimate of drug-likeness (QED) is 0.172. The highest BCUT2D eigenvalue weighted by atomic mass is 79.9. The Morgan fingerprint density at radius 1 is 1.14 bits per heavy atom. The summed E-state index contributed by atoms with van der Waals surface area (Å²) in [5, 5.41) is 3.82. The monoisotopic (exact) mass is 673 g/mol. The van der Waals surface area contributed by atoms with Crippen molar-refractivity contribution in [1.29, 1.82) is 0 Å². The number of fused-ring (bicyclic) bond motifs is 1. The van der Waals surface area contributed by atoms with Crippen LogP contribution in [0.3, 0.4) is 0 Å². The van der Waals surface area contributed by atoms with Gasteiger partial charge in [-0.15, -0.1) is 0 Å². The smallest absolute Gasteiger partial charge is 0.165 e. The van der Waals surface area contributed by atoms with E-state index in [1.54, 1.807) is 50.3 Å². The van der Waals surface area contributed by atoms with E-state index >= 15 is 4.39 Å². The van der Waals surface area contributed by atoms with Gasteiger partial charge >= 0.3 is 0 Å². The van der Waals surface area contributed by atoms with E-state index in [0.717, 1.165) is 0 Å². The number of ether oxygens (including phenoxy) is 3. The molecule has 0 spiro atoms. The van der Waals surface area contributed by atoms with Gasteiger partial charge < -0.3 is 19.5 Å². The van der Waals surface area contributed by atoms with E-state index in [0.29, 0.717) is 44.6 Å². The molecule has 43 heavy (non-hydrogen) atoms. The third-order valence-electron chi connectivity index (χ3n) is 7.31. The van der Waals surface area contributed by atoms with E-state index in [2.05, 4.69) is 31.2 Å². The SMILES string of the molecule is CCS(=O)(=O)CCOC(C)C1(c2cc3c(Nc4ccc(OCc5cccc(F)c5)c(Br)c4)ncnc3cc2F)CC=CO1. The molecule has 12 heteroatoms. The van der Waals surface area contributed by atoms with Gasteiger partial charge in [0.25, 0.3) is 0 Å². The van der Waals surface area contributed by atoms with Crippen LogP contribution >= 0.6 is 15.9 Å². The summed E-state index contributed by atoms with van der Waals surface area (Å²) in [6, 6.07) is 14.6. The molecule has 1 aliphatic heterocycles. The Hall–Kier alpha value is -3.61. The van der Waals surface area contributed by atoms with E-state index in [4.69, 9.17) is 14.2 Å². The second-order valence-electron chi connectivity index (χ2n) is 10.1. The minimum absolute atomic E-state index is 0.0181. The lowest BCUT2D eigenvalue weighted by Crippen LogP contribution is -2.40. The lowest BCUT2D eigenvalue weighted by molar-refractivity contribution is -0.0981. The summed E-state index contributed by atoms with van der Waals surface area (Å²) >= 11 is 3.53. The number of nitrogens with one attached hydrogen (secondary N) is 1. The minimum Gasteiger partial charge on any atom is -0.488 e. The third-order valence-corrected chi connectivity index (χ3v) is 9.60. The van der Waals surface area contributed by atoms with Crippen LogP contribution in [0.5, 0.6) is 5.75 Å². The molecule has 0 bridgehead atoms. The van der Waals surface area contributed by atoms with E-state index in [1.165, 1.54) is 30.8 Å². The zero-order valence-electron chi connectivity index (χ0n) is 23.5. The van der Waals surface area contributed by atoms with Crippen LogP contribution in [0.4, 0.5) is 20.3 Å². The molecule has 0 radical (unpaired) electrons. The fourth-order valence-electron chi connectivity index (χ4n) is 4.85. The van der Waals surface area contributed by atoms with Gasteiger partial charge in [0.05, 0.1) is 34.7 Å². The molecule has 0 saturated carbocycles. The van der Waals surface area contributed by atoms with E-state index in [1.807, 2.05) is 6.07 Å². The highest BCUT2D eigenvalue weighted by Crippen LogP contribution is 2.42. The number of benzene rings is 3. The summed E-state index contributed by atoms with van der Waals surface area (Å²) < 4.78 is 71.4. The first kappa shape index (κ1) is 30.8. The highest BCUT2D eigenvalue weighted by molar-refractivity contribution is 9.10. The fraction of sp³-hybridized carbons (Fsp3) is 0.290. The Morgan fingerprint density at radius 3 is 2.70 bits per heavy atom. The van der Waals surface area contributed by atoms with Gasteiger partial charge in [-0.2, -0.15) is 0 Å². The highest BCUT2D eigenvalue weighted by Gasteiger charge is 2.44. The van der Waals surface area contributed by atoms with Gasteiger partial charge in [0.15, 0.2) is 15.4 Å². The molecule has 1 N–H and O–H groups in total. The Morgan fingerprint density at radius 2 is 1.98 bits per heavy atom. The van der Waals surface area contributed by atoms with Gasteiger partial charge in [0, 0.05) is 34.9 Å². The Kier molecular flexibility index (Phi) is 9.28. The summed E-state index contributed by atoms with van der Waals surface area (Å²) in [7, 11) is -3.22. The molecule has 0 aliphatic carbocycles. The molecule has 4 aromatic rings. The molecule has 0 saturated heterocycles. The van der Waals surface area contributed by atoms with Crippen LogP contribution in [0, 0.1) is 11.6 Å². The summed E-state index contributed by atoms with van der Waals surface area (Å²) in [5.74, 6) is 0.0370. The number of hydrogen-bond donors (Lipinski definition) is 1. The van der Waals surface area contributed by atoms with Crippen LogP contribution in [0.1, 0.15) is 31.4 Å². The van der Waals surface area contributed by atoms with E-state index in [9.17, 15) is 12.8 Å². The van der Waals surface area contributed by atoms with Crippen molar-refractivity contribution in [1.82, 2.24) is 9.97 Å². The Balaban J connectivity index is 1.39. The first-order valence-electron chi connectivity index (χ1n) is 13.6. The molecule has 2 atom stereocenters. The van der Waals surface area contributed by atoms with Crippen molar-refractivity contribution >= 4 is 48.2 Å². The van der Waals surface area contributed by atoms with Crippen molar-refractivity contribution < 1.29 is 31.4 Å². The second-order valence-corrected chi connectivity index (χ2v) is 13.4. The Labute approximate surface area is 257 Å². The lowest BCUT2D eigenvalue weighted by Gasteiger charge is -2.35. The first-order chi connectivity index (χ1) is 20.6. The van der Waals surface area contributed by atoms with Crippen LogP contribution in [0.2, 0.25) is 0 Å². The average molecular weight is 675 g/mol. The van der Waals surface area contributed by atoms with Gasteiger partial charge in [-0.3, -0.25) is 0 Å². The molecule has 3 aromatic carbocycles. The van der Waals surface area contributed by atoms with Gasteiger partial charge in [-0.05, 0) is 70.9 Å². The molecule has 2 unspecified atom stereocenters. The van der Waals surface area contributed by atoms with Crippen LogP contribution in [-0.2, 0) is 31.5 Å². The minimum atomic E-state index is -3.22. The number of rotatable bonds is 12. The topological polar surface area (TPSA) is 99.6 Å². The standard InChI is InChI=1S/C31H30BrF2N3O5S/c1-3-43(38,39)13-12-40-20(2)31(10-5-11-42-31)25-16-24-28(17-27(25)34)35-19-36-30(24)37-23-8-9-29(26(32)15-23)41-18-21-6-4-7-22(33)14-21/h4-9,11,14-17,19-20H,3,10,12-13,18H2,1-2H3,(H,35,36,37). The van der Waals surface area contributed by atoms with Crippen molar-refractivity contribution in [3.8, 4) is 5.75 Å². The van der Waals surface area contributed by atoms with Crippen LogP contribution < -0.4 is 10.1 Å². The number of hydrogen-bond acceptors (Lipinski definition) is 8. The lowest BCUT2D eigenvalue weighted by atomic mass is 9.85. The number of anilines is 2. The number of sulfone groups is 1. The molecular formula is C31H30BrF2N3O5S. The zero-order chi connectivity index (χ0) is 30.6. The molecule has 1 aliphatic rings. The fourth-order valence-corrected chi connectivity index (χ4v) is 5.98. The summed E-state index contributed by atoms with van der Waals surface area (Å²) in [4.78, 5) is 8.66. The van der Waals surface area contributed by atoms with E-state index < -0.39 is 27.4 Å². The van der Waals surface area contributed by atoms with Crippen molar-refractivity contribution in [2.24, 2.45) is 0 Å². The molecule has 2 heterocycles. The first-order valence-corrected chi connectivity index (χ1v) is 16.2.